The van der Waals surface area contributed by atoms with E-state index in [1.807, 2.05) is 18.2 Å². The third-order valence-electron chi connectivity index (χ3n) is 3.35. The second-order valence-corrected chi connectivity index (χ2v) is 6.53. The number of hydrogen-bond acceptors (Lipinski definition) is 8. The Hall–Kier alpha value is -2.68. The molecular weight excluding hydrogens is 360 g/mol. The summed E-state index contributed by atoms with van der Waals surface area (Å²) >= 11 is 1.15. The minimum Gasteiger partial charge on any atom is -0.486 e. The van der Waals surface area contributed by atoms with E-state index in [4.69, 9.17) is 18.7 Å². The number of anilines is 1. The van der Waals surface area contributed by atoms with E-state index in [1.165, 1.54) is 0 Å². The highest BCUT2D eigenvalue weighted by atomic mass is 32.2. The number of esters is 1. The summed E-state index contributed by atoms with van der Waals surface area (Å²) in [5.74, 6) is 1.76. The highest BCUT2D eigenvalue weighted by Gasteiger charge is 2.22. The van der Waals surface area contributed by atoms with Crippen molar-refractivity contribution < 1.29 is 28.3 Å². The summed E-state index contributed by atoms with van der Waals surface area (Å²) < 4.78 is 21.3. The minimum atomic E-state index is -0.414. The Labute approximate surface area is 154 Å². The number of nitrogens with one attached hydrogen (secondary N) is 1. The van der Waals surface area contributed by atoms with Gasteiger partial charge < -0.3 is 24.1 Å². The second-order valence-electron chi connectivity index (χ2n) is 5.54. The zero-order chi connectivity index (χ0) is 18.4. The van der Waals surface area contributed by atoms with Crippen molar-refractivity contribution in [3.8, 4) is 11.5 Å². The first-order valence-corrected chi connectivity index (χ1v) is 9.10. The fourth-order valence-electron chi connectivity index (χ4n) is 2.20. The molecule has 3 rings (SSSR count). The highest BCUT2D eigenvalue weighted by molar-refractivity contribution is 8.00. The van der Waals surface area contributed by atoms with E-state index >= 15 is 0 Å². The van der Waals surface area contributed by atoms with Gasteiger partial charge in [0.1, 0.15) is 19.0 Å². The molecule has 1 atom stereocenters. The lowest BCUT2D eigenvalue weighted by molar-refractivity contribution is -0.143. The van der Waals surface area contributed by atoms with Gasteiger partial charge in [-0.15, -0.1) is 11.8 Å². The summed E-state index contributed by atoms with van der Waals surface area (Å²) in [6, 6.07) is 8.94. The van der Waals surface area contributed by atoms with Gasteiger partial charge >= 0.3 is 5.97 Å². The van der Waals surface area contributed by atoms with Gasteiger partial charge in [-0.1, -0.05) is 17.3 Å². The van der Waals surface area contributed by atoms with E-state index in [1.54, 1.807) is 19.1 Å². The smallest absolute Gasteiger partial charge is 0.316 e. The number of fused-ring (bicyclic) bond motifs is 1. The monoisotopic (exact) mass is 378 g/mol. The standard InChI is InChI=1S/C17H18N2O6S/c1-11-6-15(19-25-11)18-16(20)9-26-10-17(21)23-8-12-7-22-13-4-2-3-5-14(13)24-12/h2-6,12H,7-10H2,1H3,(H,18,19,20)/t12-/m0/s1. The van der Waals surface area contributed by atoms with Gasteiger partial charge in [0.2, 0.25) is 5.91 Å². The SMILES string of the molecule is Cc1cc(NC(=O)CSCC(=O)OC[C@@H]2COc3ccccc3O2)no1. The first-order valence-electron chi connectivity index (χ1n) is 7.95. The van der Waals surface area contributed by atoms with Crippen molar-refractivity contribution in [2.45, 2.75) is 13.0 Å². The molecule has 0 spiro atoms. The first-order chi connectivity index (χ1) is 12.6. The van der Waals surface area contributed by atoms with Crippen molar-refractivity contribution in [2.75, 3.05) is 30.0 Å². The molecule has 138 valence electrons. The van der Waals surface area contributed by atoms with Gasteiger partial charge in [0.25, 0.3) is 0 Å². The molecule has 0 unspecified atom stereocenters. The molecule has 2 heterocycles. The number of ether oxygens (including phenoxy) is 3. The number of aryl methyl sites for hydroxylation is 1. The zero-order valence-corrected chi connectivity index (χ0v) is 14.9. The predicted molar refractivity (Wildman–Crippen MR) is 94.5 cm³/mol. The number of para-hydroxylation sites is 2. The summed E-state index contributed by atoms with van der Waals surface area (Å²) in [5.41, 5.74) is 0. The van der Waals surface area contributed by atoms with Crippen LogP contribution in [0.25, 0.3) is 0 Å². The molecule has 1 aliphatic heterocycles. The van der Waals surface area contributed by atoms with Crippen LogP contribution in [0.4, 0.5) is 5.82 Å². The van der Waals surface area contributed by atoms with Crippen molar-refractivity contribution in [1.29, 1.82) is 0 Å². The predicted octanol–water partition coefficient (Wildman–Crippen LogP) is 2.04. The Morgan fingerprint density at radius 2 is 2.12 bits per heavy atom. The number of hydrogen-bond donors (Lipinski definition) is 1. The van der Waals surface area contributed by atoms with Gasteiger partial charge in [-0.2, -0.15) is 0 Å². The Balaban J connectivity index is 1.31. The third kappa shape index (κ3) is 5.16. The average Bonchev–Trinajstić information content (AvgIpc) is 3.04. The van der Waals surface area contributed by atoms with E-state index in [0.717, 1.165) is 11.8 Å². The van der Waals surface area contributed by atoms with Gasteiger partial charge in [0, 0.05) is 6.07 Å². The number of amides is 1. The molecule has 0 saturated heterocycles. The number of thioether (sulfide) groups is 1. The molecule has 1 aromatic heterocycles. The van der Waals surface area contributed by atoms with E-state index in [2.05, 4.69) is 10.5 Å². The van der Waals surface area contributed by atoms with Gasteiger partial charge in [-0.3, -0.25) is 9.59 Å². The van der Waals surface area contributed by atoms with Crippen molar-refractivity contribution >= 4 is 29.5 Å². The van der Waals surface area contributed by atoms with Crippen LogP contribution in [0.1, 0.15) is 5.76 Å². The van der Waals surface area contributed by atoms with Crippen LogP contribution >= 0.6 is 11.8 Å². The number of nitrogens with zero attached hydrogens (tertiary/aromatic N) is 1. The van der Waals surface area contributed by atoms with Crippen LogP contribution < -0.4 is 14.8 Å². The van der Waals surface area contributed by atoms with Crippen molar-refractivity contribution in [3.05, 3.63) is 36.1 Å². The Kier molecular flexibility index (Phi) is 6.00. The lowest BCUT2D eigenvalue weighted by atomic mass is 10.3. The van der Waals surface area contributed by atoms with Gasteiger partial charge in [0.05, 0.1) is 11.5 Å². The maximum atomic E-state index is 11.8. The first kappa shape index (κ1) is 18.1. The van der Waals surface area contributed by atoms with E-state index < -0.39 is 5.97 Å². The molecule has 2 aromatic rings. The van der Waals surface area contributed by atoms with Crippen LogP contribution in [0.3, 0.4) is 0 Å². The van der Waals surface area contributed by atoms with Gasteiger partial charge in [0.15, 0.2) is 23.4 Å². The van der Waals surface area contributed by atoms with Crippen LogP contribution in [0.2, 0.25) is 0 Å². The molecule has 8 nitrogen and oxygen atoms in total. The van der Waals surface area contributed by atoms with Crippen LogP contribution in [0.15, 0.2) is 34.9 Å². The molecule has 1 aromatic carbocycles. The minimum absolute atomic E-state index is 0.0649. The van der Waals surface area contributed by atoms with Crippen LogP contribution in [0.5, 0.6) is 11.5 Å². The maximum Gasteiger partial charge on any atom is 0.316 e. The number of carbonyl (C=O) groups is 2. The second kappa shape index (κ2) is 8.61. The van der Waals surface area contributed by atoms with Gasteiger partial charge in [-0.05, 0) is 19.1 Å². The Bertz CT molecular complexity index is 778. The van der Waals surface area contributed by atoms with Crippen LogP contribution in [0, 0.1) is 6.92 Å². The third-order valence-corrected chi connectivity index (χ3v) is 4.25. The summed E-state index contributed by atoms with van der Waals surface area (Å²) in [6.45, 7) is 2.14. The number of carbonyl (C=O) groups excluding carboxylic acids is 2. The summed E-state index contributed by atoms with van der Waals surface area (Å²) in [4.78, 5) is 23.5. The molecule has 9 heteroatoms. The lowest BCUT2D eigenvalue weighted by Crippen LogP contribution is -2.34. The Morgan fingerprint density at radius 3 is 2.88 bits per heavy atom. The maximum absolute atomic E-state index is 11.8. The lowest BCUT2D eigenvalue weighted by Gasteiger charge is -2.25. The normalized spacial score (nSPS) is 15.3. The van der Waals surface area contributed by atoms with E-state index in [0.29, 0.717) is 29.7 Å². The largest absolute Gasteiger partial charge is 0.486 e. The van der Waals surface area contributed by atoms with E-state index in [9.17, 15) is 9.59 Å². The fourth-order valence-corrected chi connectivity index (χ4v) is 2.81. The molecule has 0 radical (unpaired) electrons. The molecule has 0 fully saturated rings. The molecule has 0 saturated carbocycles. The van der Waals surface area contributed by atoms with Gasteiger partial charge in [-0.25, -0.2) is 0 Å². The number of aromatic nitrogens is 1. The number of benzene rings is 1. The van der Waals surface area contributed by atoms with E-state index in [-0.39, 0.29) is 30.1 Å². The zero-order valence-electron chi connectivity index (χ0n) is 14.1. The molecule has 1 N–H and O–H groups in total. The van der Waals surface area contributed by atoms with Crippen LogP contribution in [-0.2, 0) is 14.3 Å². The average molecular weight is 378 g/mol. The quantitative estimate of drug-likeness (QED) is 0.731. The molecule has 26 heavy (non-hydrogen) atoms. The fraction of sp³-hybridized carbons (Fsp3) is 0.353. The molecular formula is C17H18N2O6S. The topological polar surface area (TPSA) is 99.9 Å². The van der Waals surface area contributed by atoms with Crippen molar-refractivity contribution in [2.24, 2.45) is 0 Å². The molecule has 1 aliphatic rings. The van der Waals surface area contributed by atoms with Crippen molar-refractivity contribution in [1.82, 2.24) is 5.16 Å². The summed E-state index contributed by atoms with van der Waals surface area (Å²) in [7, 11) is 0. The molecule has 0 bridgehead atoms. The molecule has 1 amide bonds. The van der Waals surface area contributed by atoms with Crippen molar-refractivity contribution in [3.63, 3.8) is 0 Å². The summed E-state index contributed by atoms with van der Waals surface area (Å²) in [5, 5.41) is 6.24. The van der Waals surface area contributed by atoms with Crippen LogP contribution in [-0.4, -0.2) is 47.9 Å². The molecule has 0 aliphatic carbocycles. The summed E-state index contributed by atoms with van der Waals surface area (Å²) in [6.07, 6.45) is -0.349. The highest BCUT2D eigenvalue weighted by Crippen LogP contribution is 2.30. The number of rotatable bonds is 7. The Morgan fingerprint density at radius 1 is 1.31 bits per heavy atom.